The molecule has 0 aromatic heterocycles. The standard InChI is InChI=1S/C41H46N2S/c1-27-25-34-32(16-10-20-38(34)42-24-12-15-30-13-6-8-18-36(30)42)40(27)44(4,5)41-28(2)26-35-33(41)17-11-21-39(35)43-29(3)22-23-31-14-7-9-19-37(31)43/h6-11,13-14,16-21,25-26,29,33,35,40-41H,12,15,22-24H2,1-5H3. The zero-order valence-corrected chi connectivity index (χ0v) is 27.8. The lowest BCUT2D eigenvalue weighted by molar-refractivity contribution is 0.511. The minimum atomic E-state index is -1.11. The fourth-order valence-corrected chi connectivity index (χ4v) is 13.8. The van der Waals surface area contributed by atoms with Crippen LogP contribution in [0.5, 0.6) is 0 Å². The van der Waals surface area contributed by atoms with E-state index in [0.29, 0.717) is 28.4 Å². The van der Waals surface area contributed by atoms with Crippen LogP contribution in [0.15, 0.2) is 108 Å². The maximum absolute atomic E-state index is 2.69. The smallest absolute Gasteiger partial charge is 0.0487 e. The summed E-state index contributed by atoms with van der Waals surface area (Å²) in [6.45, 7) is 8.36. The van der Waals surface area contributed by atoms with E-state index >= 15 is 0 Å². The van der Waals surface area contributed by atoms with Crippen molar-refractivity contribution in [3.05, 3.63) is 130 Å². The van der Waals surface area contributed by atoms with Crippen LogP contribution < -0.4 is 9.80 Å². The van der Waals surface area contributed by atoms with Gasteiger partial charge in [0.1, 0.15) is 0 Å². The van der Waals surface area contributed by atoms with E-state index in [4.69, 9.17) is 0 Å². The van der Waals surface area contributed by atoms with Gasteiger partial charge in [-0.15, -0.1) is 0 Å². The summed E-state index contributed by atoms with van der Waals surface area (Å²) in [5.41, 5.74) is 14.8. The highest BCUT2D eigenvalue weighted by Crippen LogP contribution is 2.70. The Hall–Kier alpha value is -3.43. The Bertz CT molecular complexity index is 1760. The van der Waals surface area contributed by atoms with Crippen LogP contribution in [0.3, 0.4) is 0 Å². The summed E-state index contributed by atoms with van der Waals surface area (Å²) in [5.74, 6) is 0.946. The molecule has 0 radical (unpaired) electrons. The third kappa shape index (κ3) is 4.22. The van der Waals surface area contributed by atoms with E-state index in [1.807, 2.05) is 0 Å². The maximum atomic E-state index is 2.69. The highest BCUT2D eigenvalue weighted by Gasteiger charge is 2.48. The number of fused-ring (bicyclic) bond motifs is 4. The van der Waals surface area contributed by atoms with Gasteiger partial charge in [0.2, 0.25) is 0 Å². The van der Waals surface area contributed by atoms with Crippen LogP contribution in [0.25, 0.3) is 6.08 Å². The van der Waals surface area contributed by atoms with Crippen molar-refractivity contribution >= 4 is 33.2 Å². The summed E-state index contributed by atoms with van der Waals surface area (Å²) in [5, 5.41) is 1.03. The number of hydrogen-bond donors (Lipinski definition) is 0. The summed E-state index contributed by atoms with van der Waals surface area (Å²) in [7, 11) is -1.11. The first-order valence-electron chi connectivity index (χ1n) is 16.7. The highest BCUT2D eigenvalue weighted by atomic mass is 32.3. The molecule has 226 valence electrons. The van der Waals surface area contributed by atoms with E-state index in [-0.39, 0.29) is 0 Å². The molecule has 2 nitrogen and oxygen atoms in total. The molecular weight excluding hydrogens is 553 g/mol. The lowest BCUT2D eigenvalue weighted by Crippen LogP contribution is -2.41. The predicted octanol–water partition coefficient (Wildman–Crippen LogP) is 10.1. The van der Waals surface area contributed by atoms with E-state index in [2.05, 4.69) is 140 Å². The second-order valence-corrected chi connectivity index (χ2v) is 18.2. The molecular formula is C41H46N2S. The Morgan fingerprint density at radius 2 is 1.52 bits per heavy atom. The summed E-state index contributed by atoms with van der Waals surface area (Å²) < 4.78 is 0. The molecule has 0 saturated carbocycles. The van der Waals surface area contributed by atoms with Crippen molar-refractivity contribution in [1.82, 2.24) is 0 Å². The van der Waals surface area contributed by atoms with Gasteiger partial charge in [-0.05, 0) is 99.9 Å². The van der Waals surface area contributed by atoms with Gasteiger partial charge in [0.15, 0.2) is 0 Å². The average Bonchev–Trinajstić information content (AvgIpc) is 3.57. The van der Waals surface area contributed by atoms with Gasteiger partial charge in [-0.25, -0.2) is 10.0 Å². The minimum absolute atomic E-state index is 0.437. The van der Waals surface area contributed by atoms with Crippen molar-refractivity contribution in [1.29, 1.82) is 0 Å². The molecule has 5 atom stereocenters. The van der Waals surface area contributed by atoms with Gasteiger partial charge in [-0.3, -0.25) is 0 Å². The lowest BCUT2D eigenvalue weighted by Gasteiger charge is -2.49. The number of benzene rings is 3. The molecule has 0 fully saturated rings. The third-order valence-electron chi connectivity index (χ3n) is 11.2. The number of allylic oxidation sites excluding steroid dienone is 4. The second kappa shape index (κ2) is 10.6. The molecule has 0 bridgehead atoms. The summed E-state index contributed by atoms with van der Waals surface area (Å²) in [6.07, 6.45) is 22.6. The number of hydrogen-bond acceptors (Lipinski definition) is 2. The highest BCUT2D eigenvalue weighted by molar-refractivity contribution is 8.33. The van der Waals surface area contributed by atoms with Gasteiger partial charge in [-0.1, -0.05) is 84.0 Å². The van der Waals surface area contributed by atoms with Gasteiger partial charge in [0.05, 0.1) is 0 Å². The van der Waals surface area contributed by atoms with Gasteiger partial charge in [-0.2, -0.15) is 0 Å². The molecule has 2 heterocycles. The number of nitrogens with zero attached hydrogens (tertiary/aromatic N) is 2. The molecule has 3 aliphatic carbocycles. The monoisotopic (exact) mass is 598 g/mol. The first-order valence-corrected chi connectivity index (χ1v) is 19.2. The molecule has 5 unspecified atom stereocenters. The molecule has 2 aliphatic heterocycles. The van der Waals surface area contributed by atoms with E-state index in [9.17, 15) is 0 Å². The molecule has 0 spiro atoms. The van der Waals surface area contributed by atoms with E-state index in [1.54, 1.807) is 16.7 Å². The van der Waals surface area contributed by atoms with Crippen LogP contribution >= 0.6 is 10.0 Å². The fourth-order valence-electron chi connectivity index (χ4n) is 9.56. The normalized spacial score (nSPS) is 27.6. The Morgan fingerprint density at radius 3 is 2.34 bits per heavy atom. The molecule has 44 heavy (non-hydrogen) atoms. The molecule has 0 saturated heterocycles. The zero-order valence-electron chi connectivity index (χ0n) is 27.0. The molecule has 0 N–H and O–H groups in total. The van der Waals surface area contributed by atoms with Gasteiger partial charge in [0, 0.05) is 63.2 Å². The SMILES string of the molecule is CC1=Cc2c(cccc2N2CCCc3ccccc32)C1S(C)(C)C1C(C)=CC2C(N3c4ccccc4CCC3C)=CC=CC21. The molecule has 3 aromatic carbocycles. The predicted molar refractivity (Wildman–Crippen MR) is 192 cm³/mol. The van der Waals surface area contributed by atoms with Crippen LogP contribution in [0.2, 0.25) is 0 Å². The molecule has 5 aliphatic rings. The largest absolute Gasteiger partial charge is 0.341 e. The van der Waals surface area contributed by atoms with E-state index in [1.165, 1.54) is 65.1 Å². The first kappa shape index (κ1) is 28.1. The minimum Gasteiger partial charge on any atom is -0.341 e. The Balaban J connectivity index is 1.14. The maximum Gasteiger partial charge on any atom is 0.0487 e. The summed E-state index contributed by atoms with van der Waals surface area (Å²) in [6, 6.07) is 25.8. The van der Waals surface area contributed by atoms with Crippen LogP contribution in [0.1, 0.15) is 61.1 Å². The van der Waals surface area contributed by atoms with Crippen molar-refractivity contribution in [2.75, 3.05) is 28.9 Å². The molecule has 8 rings (SSSR count). The van der Waals surface area contributed by atoms with Crippen molar-refractivity contribution in [2.45, 2.75) is 63.0 Å². The van der Waals surface area contributed by atoms with Crippen molar-refractivity contribution in [2.24, 2.45) is 11.8 Å². The molecule has 3 aromatic rings. The number of anilines is 3. The van der Waals surface area contributed by atoms with Crippen LogP contribution in [0, 0.1) is 11.8 Å². The van der Waals surface area contributed by atoms with Crippen molar-refractivity contribution in [3.63, 3.8) is 0 Å². The van der Waals surface area contributed by atoms with Gasteiger partial charge in [0.25, 0.3) is 0 Å². The average molecular weight is 599 g/mol. The van der Waals surface area contributed by atoms with Crippen LogP contribution in [0.4, 0.5) is 17.1 Å². The lowest BCUT2D eigenvalue weighted by atomic mass is 9.85. The van der Waals surface area contributed by atoms with Gasteiger partial charge < -0.3 is 9.80 Å². The fraction of sp³-hybridized carbons (Fsp3) is 0.366. The summed E-state index contributed by atoms with van der Waals surface area (Å²) >= 11 is 0. The Morgan fingerprint density at radius 1 is 0.795 bits per heavy atom. The Labute approximate surface area is 266 Å². The number of rotatable bonds is 4. The quantitative estimate of drug-likeness (QED) is 0.276. The van der Waals surface area contributed by atoms with Gasteiger partial charge >= 0.3 is 0 Å². The van der Waals surface area contributed by atoms with E-state index in [0.717, 1.165) is 6.54 Å². The number of aryl methyl sites for hydroxylation is 2. The third-order valence-corrected chi connectivity index (χ3v) is 15.1. The molecule has 0 amide bonds. The topological polar surface area (TPSA) is 6.48 Å². The second-order valence-electron chi connectivity index (χ2n) is 14.2. The van der Waals surface area contributed by atoms with Crippen molar-refractivity contribution in [3.8, 4) is 0 Å². The van der Waals surface area contributed by atoms with E-state index < -0.39 is 10.0 Å². The van der Waals surface area contributed by atoms with Crippen molar-refractivity contribution < 1.29 is 0 Å². The summed E-state index contributed by atoms with van der Waals surface area (Å²) in [4.78, 5) is 5.29. The zero-order chi connectivity index (χ0) is 30.2. The Kier molecular flexibility index (Phi) is 6.75. The first-order chi connectivity index (χ1) is 21.3. The molecule has 3 heteroatoms. The number of para-hydroxylation sites is 2. The van der Waals surface area contributed by atoms with Crippen LogP contribution in [-0.2, 0) is 12.8 Å². The van der Waals surface area contributed by atoms with Crippen LogP contribution in [-0.4, -0.2) is 30.3 Å².